The highest BCUT2D eigenvalue weighted by molar-refractivity contribution is 6.13. The maximum Gasteiger partial charge on any atom is 0.159 e. The number of nitrogens with zero attached hydrogens (tertiary/aromatic N) is 3. The van der Waals surface area contributed by atoms with E-state index in [4.69, 9.17) is 9.98 Å². The molecular formula is C46H37N5. The van der Waals surface area contributed by atoms with Crippen LogP contribution in [0.2, 0.25) is 0 Å². The van der Waals surface area contributed by atoms with Crippen LogP contribution in [-0.2, 0) is 0 Å². The van der Waals surface area contributed by atoms with Crippen LogP contribution in [0.5, 0.6) is 0 Å². The number of anilines is 2. The van der Waals surface area contributed by atoms with E-state index < -0.39 is 0 Å². The SMILES string of the molecule is CCN1c2ccccc2NC1c1ccc(-c2cccc3c(-c4ccc(C5N=C(c6ccccc6)N=C(c6ccccc6)N5)cc4)cccc23)cc1. The summed E-state index contributed by atoms with van der Waals surface area (Å²) >= 11 is 0. The molecule has 0 aromatic heterocycles. The largest absolute Gasteiger partial charge is 0.360 e. The number of aliphatic imine (C=N–C) groups is 2. The Bertz CT molecular complexity index is 2400. The van der Waals surface area contributed by atoms with Crippen molar-refractivity contribution in [3.63, 3.8) is 0 Å². The molecule has 5 heteroatoms. The molecule has 0 amide bonds. The molecule has 51 heavy (non-hydrogen) atoms. The van der Waals surface area contributed by atoms with Crippen LogP contribution in [0.25, 0.3) is 33.0 Å². The van der Waals surface area contributed by atoms with E-state index in [2.05, 4.69) is 156 Å². The molecule has 7 aromatic rings. The molecule has 0 saturated heterocycles. The average molecular weight is 660 g/mol. The van der Waals surface area contributed by atoms with Crippen molar-refractivity contribution in [2.75, 3.05) is 16.8 Å². The molecule has 0 spiro atoms. The van der Waals surface area contributed by atoms with E-state index in [9.17, 15) is 0 Å². The van der Waals surface area contributed by atoms with E-state index in [-0.39, 0.29) is 12.3 Å². The van der Waals surface area contributed by atoms with Gasteiger partial charge in [0.15, 0.2) is 5.84 Å². The van der Waals surface area contributed by atoms with E-state index in [1.165, 1.54) is 50.0 Å². The molecule has 2 atom stereocenters. The first kappa shape index (κ1) is 30.6. The third-order valence-corrected chi connectivity index (χ3v) is 9.98. The lowest BCUT2D eigenvalue weighted by molar-refractivity contribution is 0.674. The Hall–Kier alpha value is -6.46. The Kier molecular flexibility index (Phi) is 7.86. The van der Waals surface area contributed by atoms with Crippen molar-refractivity contribution in [2.24, 2.45) is 9.98 Å². The number of para-hydroxylation sites is 2. The van der Waals surface area contributed by atoms with Crippen LogP contribution in [0.1, 0.15) is 41.5 Å². The second kappa shape index (κ2) is 13.1. The summed E-state index contributed by atoms with van der Waals surface area (Å²) in [5, 5.41) is 9.78. The van der Waals surface area contributed by atoms with Crippen LogP contribution in [0.3, 0.4) is 0 Å². The Balaban J connectivity index is 1.01. The number of amidine groups is 2. The molecule has 2 aliphatic rings. The quantitative estimate of drug-likeness (QED) is 0.179. The molecule has 0 bridgehead atoms. The van der Waals surface area contributed by atoms with Crippen molar-refractivity contribution in [3.05, 3.63) is 192 Å². The fourth-order valence-corrected chi connectivity index (χ4v) is 7.41. The lowest BCUT2D eigenvalue weighted by atomic mass is 9.92. The van der Waals surface area contributed by atoms with Gasteiger partial charge in [-0.05, 0) is 63.2 Å². The molecule has 0 aliphatic carbocycles. The highest BCUT2D eigenvalue weighted by atomic mass is 15.3. The van der Waals surface area contributed by atoms with E-state index in [1.807, 2.05) is 36.4 Å². The molecule has 246 valence electrons. The maximum atomic E-state index is 5.06. The number of rotatable bonds is 7. The van der Waals surface area contributed by atoms with Crippen molar-refractivity contribution < 1.29 is 0 Å². The van der Waals surface area contributed by atoms with Crippen molar-refractivity contribution in [2.45, 2.75) is 19.3 Å². The van der Waals surface area contributed by atoms with E-state index in [0.717, 1.165) is 34.9 Å². The minimum atomic E-state index is -0.262. The van der Waals surface area contributed by atoms with Gasteiger partial charge in [-0.3, -0.25) is 0 Å². The van der Waals surface area contributed by atoms with Gasteiger partial charge in [0.05, 0.1) is 11.4 Å². The van der Waals surface area contributed by atoms with Gasteiger partial charge in [0.2, 0.25) is 0 Å². The van der Waals surface area contributed by atoms with Gasteiger partial charge in [0.25, 0.3) is 0 Å². The van der Waals surface area contributed by atoms with Crippen LogP contribution in [0.4, 0.5) is 11.4 Å². The minimum absolute atomic E-state index is 0.125. The lowest BCUT2D eigenvalue weighted by Gasteiger charge is -2.26. The summed E-state index contributed by atoms with van der Waals surface area (Å²) in [6.45, 7) is 3.15. The van der Waals surface area contributed by atoms with Crippen LogP contribution >= 0.6 is 0 Å². The van der Waals surface area contributed by atoms with Gasteiger partial charge >= 0.3 is 0 Å². The molecule has 7 aromatic carbocycles. The van der Waals surface area contributed by atoms with Gasteiger partial charge in [0, 0.05) is 17.7 Å². The van der Waals surface area contributed by atoms with Crippen LogP contribution in [0.15, 0.2) is 180 Å². The number of hydrogen-bond donors (Lipinski definition) is 2. The third-order valence-electron chi connectivity index (χ3n) is 9.98. The second-order valence-corrected chi connectivity index (χ2v) is 13.0. The molecule has 0 radical (unpaired) electrons. The predicted octanol–water partition coefficient (Wildman–Crippen LogP) is 10.6. The third kappa shape index (κ3) is 5.73. The smallest absolute Gasteiger partial charge is 0.159 e. The Labute approximate surface area is 298 Å². The number of fused-ring (bicyclic) bond motifs is 2. The summed E-state index contributed by atoms with van der Waals surface area (Å²) in [6.07, 6.45) is -0.137. The van der Waals surface area contributed by atoms with E-state index in [1.54, 1.807) is 0 Å². The van der Waals surface area contributed by atoms with Gasteiger partial charge in [0.1, 0.15) is 18.2 Å². The first-order chi connectivity index (χ1) is 25.2. The summed E-state index contributed by atoms with van der Waals surface area (Å²) in [5.41, 5.74) is 11.6. The Morgan fingerprint density at radius 1 is 0.510 bits per heavy atom. The highest BCUT2D eigenvalue weighted by Crippen LogP contribution is 2.41. The standard InChI is InChI=1S/C46H37N5/c1-2-51-42-22-10-9-21-41(42)47-46(51)36-29-25-32(26-30-36)38-18-12-19-39-37(17-11-20-40(38)39)31-23-27-35(28-24-31)45-49-43(33-13-5-3-6-14-33)48-44(50-45)34-15-7-4-8-16-34/h3-30,45-47H,2H2,1H3,(H,48,49,50). The maximum absolute atomic E-state index is 5.06. The van der Waals surface area contributed by atoms with E-state index >= 15 is 0 Å². The lowest BCUT2D eigenvalue weighted by Crippen LogP contribution is -2.33. The number of nitrogens with one attached hydrogen (secondary N) is 2. The van der Waals surface area contributed by atoms with Gasteiger partial charge in [-0.25, -0.2) is 9.98 Å². The fourth-order valence-electron chi connectivity index (χ4n) is 7.41. The highest BCUT2D eigenvalue weighted by Gasteiger charge is 2.28. The molecule has 0 saturated carbocycles. The first-order valence-corrected chi connectivity index (χ1v) is 17.6. The van der Waals surface area contributed by atoms with Crippen molar-refractivity contribution in [3.8, 4) is 22.3 Å². The number of hydrogen-bond acceptors (Lipinski definition) is 5. The number of benzene rings is 7. The zero-order chi connectivity index (χ0) is 34.1. The van der Waals surface area contributed by atoms with Gasteiger partial charge < -0.3 is 15.5 Å². The molecule has 2 aliphatic heterocycles. The Morgan fingerprint density at radius 2 is 1.08 bits per heavy atom. The Morgan fingerprint density at radius 3 is 1.71 bits per heavy atom. The molecule has 2 N–H and O–H groups in total. The molecule has 5 nitrogen and oxygen atoms in total. The second-order valence-electron chi connectivity index (χ2n) is 13.0. The average Bonchev–Trinajstić information content (AvgIpc) is 3.60. The molecular weight excluding hydrogens is 623 g/mol. The topological polar surface area (TPSA) is 52.0 Å². The van der Waals surface area contributed by atoms with Crippen molar-refractivity contribution in [1.82, 2.24) is 5.32 Å². The normalized spacial score (nSPS) is 16.5. The zero-order valence-electron chi connectivity index (χ0n) is 28.4. The molecule has 9 rings (SSSR count). The summed E-state index contributed by atoms with van der Waals surface area (Å²) in [6, 6.07) is 60.1. The van der Waals surface area contributed by atoms with Crippen LogP contribution < -0.4 is 15.5 Å². The fraction of sp³-hybridized carbons (Fsp3) is 0.0870. The van der Waals surface area contributed by atoms with Crippen LogP contribution in [0, 0.1) is 0 Å². The first-order valence-electron chi connectivity index (χ1n) is 17.6. The minimum Gasteiger partial charge on any atom is -0.360 e. The summed E-state index contributed by atoms with van der Waals surface area (Å²) in [7, 11) is 0. The van der Waals surface area contributed by atoms with Crippen LogP contribution in [-0.4, -0.2) is 18.2 Å². The summed E-state index contributed by atoms with van der Waals surface area (Å²) in [4.78, 5) is 12.4. The summed E-state index contributed by atoms with van der Waals surface area (Å²) < 4.78 is 0. The monoisotopic (exact) mass is 659 g/mol. The van der Waals surface area contributed by atoms with Crippen molar-refractivity contribution >= 4 is 33.8 Å². The van der Waals surface area contributed by atoms with Gasteiger partial charge in [-0.1, -0.05) is 158 Å². The molecule has 2 unspecified atom stereocenters. The van der Waals surface area contributed by atoms with Crippen molar-refractivity contribution in [1.29, 1.82) is 0 Å². The van der Waals surface area contributed by atoms with Gasteiger partial charge in [-0.15, -0.1) is 0 Å². The predicted molar refractivity (Wildman–Crippen MR) is 212 cm³/mol. The molecule has 0 fully saturated rings. The zero-order valence-corrected chi connectivity index (χ0v) is 28.4. The van der Waals surface area contributed by atoms with E-state index in [0.29, 0.717) is 0 Å². The molecule has 2 heterocycles. The van der Waals surface area contributed by atoms with Gasteiger partial charge in [-0.2, -0.15) is 0 Å². The summed E-state index contributed by atoms with van der Waals surface area (Å²) in [5.74, 6) is 1.55.